The second kappa shape index (κ2) is 9.97. The average molecular weight is 434 g/mol. The highest BCUT2D eigenvalue weighted by molar-refractivity contribution is 7.90. The maximum Gasteiger partial charge on any atom is 0.311 e. The Morgan fingerprint density at radius 2 is 1.83 bits per heavy atom. The van der Waals surface area contributed by atoms with Gasteiger partial charge in [0.1, 0.15) is 0 Å². The first kappa shape index (κ1) is 23.0. The highest BCUT2D eigenvalue weighted by atomic mass is 32.2. The molecule has 1 unspecified atom stereocenters. The maximum atomic E-state index is 12.6. The largest absolute Gasteiger partial charge is 0.466 e. The molecule has 2 aromatic carbocycles. The van der Waals surface area contributed by atoms with Gasteiger partial charge in [0.25, 0.3) is 11.6 Å². The van der Waals surface area contributed by atoms with Crippen LogP contribution in [0.3, 0.4) is 0 Å². The minimum absolute atomic E-state index is 0.0799. The third-order valence-corrected chi connectivity index (χ3v) is 5.34. The molecule has 0 bridgehead atoms. The lowest BCUT2D eigenvalue weighted by atomic mass is 9.99. The normalized spacial score (nSPS) is 12.1. The second-order valence-corrected chi connectivity index (χ2v) is 8.61. The maximum absolute atomic E-state index is 12.6. The van der Waals surface area contributed by atoms with Crippen molar-refractivity contribution in [2.75, 3.05) is 19.4 Å². The van der Waals surface area contributed by atoms with Gasteiger partial charge < -0.3 is 10.1 Å². The molecule has 9 nitrogen and oxygen atoms in total. The van der Waals surface area contributed by atoms with Gasteiger partial charge in [0, 0.05) is 30.5 Å². The second-order valence-electron chi connectivity index (χ2n) is 6.59. The summed E-state index contributed by atoms with van der Waals surface area (Å²) in [5.74, 6) is -1.90. The van der Waals surface area contributed by atoms with E-state index in [2.05, 4.69) is 5.32 Å². The van der Waals surface area contributed by atoms with Crippen LogP contribution in [0.25, 0.3) is 0 Å². The first-order chi connectivity index (χ1) is 14.1. The van der Waals surface area contributed by atoms with Crippen molar-refractivity contribution in [3.8, 4) is 0 Å². The Labute approximate surface area is 174 Å². The Bertz CT molecular complexity index is 1040. The summed E-state index contributed by atoms with van der Waals surface area (Å²) >= 11 is 0. The van der Waals surface area contributed by atoms with E-state index in [1.54, 1.807) is 6.92 Å². The van der Waals surface area contributed by atoms with Crippen LogP contribution in [-0.4, -0.2) is 44.6 Å². The van der Waals surface area contributed by atoms with Crippen molar-refractivity contribution in [1.29, 1.82) is 0 Å². The summed E-state index contributed by atoms with van der Waals surface area (Å²) in [4.78, 5) is 34.8. The van der Waals surface area contributed by atoms with Gasteiger partial charge in [-0.05, 0) is 25.0 Å². The molecule has 0 aromatic heterocycles. The van der Waals surface area contributed by atoms with Crippen molar-refractivity contribution in [3.05, 3.63) is 69.8 Å². The van der Waals surface area contributed by atoms with Crippen LogP contribution < -0.4 is 5.32 Å². The predicted octanol–water partition coefficient (Wildman–Crippen LogP) is 2.15. The molecule has 2 aromatic rings. The number of non-ortho nitro benzene ring substituents is 1. The fourth-order valence-corrected chi connectivity index (χ4v) is 3.43. The predicted molar refractivity (Wildman–Crippen MR) is 109 cm³/mol. The van der Waals surface area contributed by atoms with Gasteiger partial charge in [0.2, 0.25) is 0 Å². The molecule has 1 amide bonds. The molecule has 30 heavy (non-hydrogen) atoms. The van der Waals surface area contributed by atoms with E-state index < -0.39 is 38.2 Å². The van der Waals surface area contributed by atoms with Crippen LogP contribution in [0.2, 0.25) is 0 Å². The Morgan fingerprint density at radius 3 is 2.40 bits per heavy atom. The quantitative estimate of drug-likeness (QED) is 0.363. The molecular formula is C20H22N2O7S. The van der Waals surface area contributed by atoms with E-state index in [1.165, 1.54) is 0 Å². The number of nitrogens with zero attached hydrogens (tertiary/aromatic N) is 1. The topological polar surface area (TPSA) is 133 Å². The van der Waals surface area contributed by atoms with Crippen LogP contribution in [0.4, 0.5) is 5.69 Å². The number of hydrogen-bond acceptors (Lipinski definition) is 7. The number of carbonyl (C=O) groups is 2. The molecule has 2 rings (SSSR count). The molecular weight excluding hydrogens is 412 g/mol. The van der Waals surface area contributed by atoms with Gasteiger partial charge in [-0.2, -0.15) is 0 Å². The van der Waals surface area contributed by atoms with Crippen LogP contribution in [0.5, 0.6) is 0 Å². The molecule has 1 atom stereocenters. The summed E-state index contributed by atoms with van der Waals surface area (Å²) in [6.45, 7) is 1.77. The summed E-state index contributed by atoms with van der Waals surface area (Å²) < 4.78 is 28.7. The standard InChI is InChI=1S/C20H22N2O7S/c1-3-29-20(24)16(9-14-7-5-4-6-8-14)13-21-19(23)15-10-17(22(25)26)12-18(11-15)30(2,27)28/h4-8,10-12,16H,3,9,13H2,1-2H3,(H,21,23). The van der Waals surface area contributed by atoms with Gasteiger partial charge in [0.05, 0.1) is 22.3 Å². The molecule has 0 aliphatic heterocycles. The SMILES string of the molecule is CCOC(=O)C(CNC(=O)c1cc([N+](=O)[O-])cc(S(C)(=O)=O)c1)Cc1ccccc1. The summed E-state index contributed by atoms with van der Waals surface area (Å²) in [5, 5.41) is 13.6. The lowest BCUT2D eigenvalue weighted by molar-refractivity contribution is -0.385. The molecule has 0 spiro atoms. The van der Waals surface area contributed by atoms with Crippen LogP contribution in [0, 0.1) is 16.0 Å². The van der Waals surface area contributed by atoms with Crippen LogP contribution in [-0.2, 0) is 25.8 Å². The molecule has 0 fully saturated rings. The Hall–Kier alpha value is -3.27. The summed E-state index contributed by atoms with van der Waals surface area (Å²) in [6.07, 6.45) is 1.22. The van der Waals surface area contributed by atoms with Crippen LogP contribution in [0.15, 0.2) is 53.4 Å². The zero-order chi connectivity index (χ0) is 22.3. The van der Waals surface area contributed by atoms with Crippen LogP contribution in [0.1, 0.15) is 22.8 Å². The third kappa shape index (κ3) is 6.38. The molecule has 0 aliphatic carbocycles. The molecule has 0 radical (unpaired) electrons. The van der Waals surface area contributed by atoms with E-state index in [1.807, 2.05) is 30.3 Å². The number of ether oxygens (including phenoxy) is 1. The molecule has 160 valence electrons. The number of sulfone groups is 1. The van der Waals surface area contributed by atoms with Crippen molar-refractivity contribution >= 4 is 27.4 Å². The monoisotopic (exact) mass is 434 g/mol. The number of hydrogen-bond donors (Lipinski definition) is 1. The zero-order valence-corrected chi connectivity index (χ0v) is 17.3. The molecule has 0 aliphatic rings. The van der Waals surface area contributed by atoms with Crippen molar-refractivity contribution in [2.45, 2.75) is 18.2 Å². The van der Waals surface area contributed by atoms with Crippen LogP contribution >= 0.6 is 0 Å². The van der Waals surface area contributed by atoms with Gasteiger partial charge in [-0.25, -0.2) is 8.42 Å². The smallest absolute Gasteiger partial charge is 0.311 e. The number of nitrogens with one attached hydrogen (secondary N) is 1. The molecule has 0 saturated carbocycles. The Balaban J connectivity index is 2.22. The molecule has 10 heteroatoms. The fourth-order valence-electron chi connectivity index (χ4n) is 2.75. The number of carbonyl (C=O) groups excluding carboxylic acids is 2. The van der Waals surface area contributed by atoms with Gasteiger partial charge >= 0.3 is 5.97 Å². The number of nitro benzene ring substituents is 1. The van der Waals surface area contributed by atoms with Gasteiger partial charge in [0.15, 0.2) is 9.84 Å². The van der Waals surface area contributed by atoms with E-state index in [9.17, 15) is 28.1 Å². The minimum Gasteiger partial charge on any atom is -0.466 e. The molecule has 1 N–H and O–H groups in total. The fraction of sp³-hybridized carbons (Fsp3) is 0.300. The first-order valence-electron chi connectivity index (χ1n) is 9.10. The van der Waals surface area contributed by atoms with Crippen molar-refractivity contribution in [2.24, 2.45) is 5.92 Å². The lowest BCUT2D eigenvalue weighted by Gasteiger charge is -2.16. The first-order valence-corrected chi connectivity index (χ1v) is 11.0. The van der Waals surface area contributed by atoms with Crippen molar-refractivity contribution in [1.82, 2.24) is 5.32 Å². The van der Waals surface area contributed by atoms with Gasteiger partial charge in [-0.3, -0.25) is 19.7 Å². The lowest BCUT2D eigenvalue weighted by Crippen LogP contribution is -2.35. The number of amides is 1. The Morgan fingerprint density at radius 1 is 1.17 bits per heavy atom. The highest BCUT2D eigenvalue weighted by Gasteiger charge is 2.23. The molecule has 0 saturated heterocycles. The van der Waals surface area contributed by atoms with E-state index in [0.717, 1.165) is 30.0 Å². The Kier molecular flexibility index (Phi) is 7.65. The van der Waals surface area contributed by atoms with E-state index in [-0.39, 0.29) is 23.6 Å². The number of esters is 1. The number of nitro groups is 1. The zero-order valence-electron chi connectivity index (χ0n) is 16.5. The van der Waals surface area contributed by atoms with Crippen molar-refractivity contribution in [3.63, 3.8) is 0 Å². The van der Waals surface area contributed by atoms with E-state index in [4.69, 9.17) is 4.74 Å². The van der Waals surface area contributed by atoms with E-state index in [0.29, 0.717) is 6.42 Å². The number of benzene rings is 2. The number of rotatable bonds is 9. The minimum atomic E-state index is -3.77. The van der Waals surface area contributed by atoms with Gasteiger partial charge in [-0.15, -0.1) is 0 Å². The van der Waals surface area contributed by atoms with Gasteiger partial charge in [-0.1, -0.05) is 30.3 Å². The third-order valence-electron chi connectivity index (χ3n) is 4.25. The van der Waals surface area contributed by atoms with Crippen molar-refractivity contribution < 1.29 is 27.7 Å². The van der Waals surface area contributed by atoms with E-state index >= 15 is 0 Å². The summed E-state index contributed by atoms with van der Waals surface area (Å²) in [7, 11) is -3.77. The average Bonchev–Trinajstić information content (AvgIpc) is 2.70. The highest BCUT2D eigenvalue weighted by Crippen LogP contribution is 2.21. The summed E-state index contributed by atoms with van der Waals surface area (Å²) in [6, 6.07) is 12.1. The summed E-state index contributed by atoms with van der Waals surface area (Å²) in [5.41, 5.74) is 0.167. The molecule has 0 heterocycles.